The van der Waals surface area contributed by atoms with E-state index in [9.17, 15) is 18.0 Å². The Hall–Kier alpha value is -3.20. The van der Waals surface area contributed by atoms with Crippen LogP contribution in [0.1, 0.15) is 36.0 Å². The van der Waals surface area contributed by atoms with Gasteiger partial charge in [-0.3, -0.25) is 9.59 Å². The van der Waals surface area contributed by atoms with Crippen molar-refractivity contribution < 1.29 is 18.0 Å². The maximum Gasteiger partial charge on any atom is 0.273 e. The molecule has 1 heterocycles. The van der Waals surface area contributed by atoms with E-state index in [1.54, 1.807) is 60.7 Å². The summed E-state index contributed by atoms with van der Waals surface area (Å²) >= 11 is 0. The summed E-state index contributed by atoms with van der Waals surface area (Å²) in [4.78, 5) is 25.5. The molecule has 1 unspecified atom stereocenters. The van der Waals surface area contributed by atoms with E-state index in [1.807, 2.05) is 0 Å². The largest absolute Gasteiger partial charge is 0.300 e. The number of sulfone groups is 1. The summed E-state index contributed by atoms with van der Waals surface area (Å²) in [7, 11) is -4.28. The lowest BCUT2D eigenvalue weighted by Crippen LogP contribution is -2.41. The molecule has 1 aliphatic carbocycles. The molecule has 2 aromatic carbocycles. The second-order valence-corrected chi connectivity index (χ2v) is 9.26. The van der Waals surface area contributed by atoms with Crippen molar-refractivity contribution in [3.63, 3.8) is 0 Å². The first-order valence-electron chi connectivity index (χ1n) is 9.67. The zero-order chi connectivity index (χ0) is 21.1. The number of carbonyl (C=O) groups excluding carboxylic acids is 2. The van der Waals surface area contributed by atoms with Crippen molar-refractivity contribution in [3.05, 3.63) is 66.2 Å². The Kier molecular flexibility index (Phi) is 5.54. The number of Topliss-reactive ketones (excluding diaryl/α,β-unsaturated/α-hetero) is 2. The Morgan fingerprint density at radius 3 is 2.37 bits per heavy atom. The highest BCUT2D eigenvalue weighted by Crippen LogP contribution is 2.33. The van der Waals surface area contributed by atoms with Crippen molar-refractivity contribution in [1.29, 1.82) is 0 Å². The number of benzene rings is 2. The first-order valence-corrected chi connectivity index (χ1v) is 11.2. The second-order valence-electron chi connectivity index (χ2n) is 7.30. The molecule has 0 saturated heterocycles. The number of hydrogen-bond donors (Lipinski definition) is 0. The van der Waals surface area contributed by atoms with Crippen LogP contribution in [0.25, 0.3) is 5.69 Å². The van der Waals surface area contributed by atoms with Crippen LogP contribution in [0.15, 0.2) is 65.8 Å². The maximum absolute atomic E-state index is 13.7. The number of rotatable bonds is 6. The van der Waals surface area contributed by atoms with E-state index in [2.05, 4.69) is 15.5 Å². The predicted molar refractivity (Wildman–Crippen MR) is 108 cm³/mol. The summed E-state index contributed by atoms with van der Waals surface area (Å²) in [5, 5.41) is 9.29. The Morgan fingerprint density at radius 2 is 1.70 bits per heavy atom. The summed E-state index contributed by atoms with van der Waals surface area (Å²) in [5.74, 6) is -1.20. The Balaban J connectivity index is 1.82. The second kappa shape index (κ2) is 8.27. The summed E-state index contributed by atoms with van der Waals surface area (Å²) in [6, 6.07) is 16.9. The molecule has 0 spiro atoms. The number of carbonyl (C=O) groups is 2. The Bertz CT molecular complexity index is 1160. The number of tetrazole rings is 1. The van der Waals surface area contributed by atoms with Gasteiger partial charge in [0.1, 0.15) is 11.0 Å². The van der Waals surface area contributed by atoms with Crippen molar-refractivity contribution in [2.24, 2.45) is 5.92 Å². The minimum Gasteiger partial charge on any atom is -0.300 e. The van der Waals surface area contributed by atoms with Gasteiger partial charge in [0.2, 0.25) is 9.84 Å². The number of aromatic nitrogens is 4. The molecule has 4 rings (SSSR count). The molecule has 154 valence electrons. The van der Waals surface area contributed by atoms with Crippen LogP contribution < -0.4 is 0 Å². The fraction of sp³-hybridized carbons (Fsp3) is 0.286. The van der Waals surface area contributed by atoms with Crippen molar-refractivity contribution in [1.82, 2.24) is 20.2 Å². The SMILES string of the molecule is O=C1CCC[C@H](C(C(=O)c2ccccc2)S(=O)(=O)c2nnnn2-c2ccccc2)C1. The number of nitrogens with zero attached hydrogens (tertiary/aromatic N) is 4. The lowest BCUT2D eigenvalue weighted by atomic mass is 9.83. The summed E-state index contributed by atoms with van der Waals surface area (Å²) in [6.07, 6.45) is 1.49. The van der Waals surface area contributed by atoms with Gasteiger partial charge in [-0.05, 0) is 41.3 Å². The Labute approximate surface area is 173 Å². The molecule has 1 saturated carbocycles. The lowest BCUT2D eigenvalue weighted by Gasteiger charge is -2.28. The first kappa shape index (κ1) is 20.1. The van der Waals surface area contributed by atoms with Gasteiger partial charge < -0.3 is 0 Å². The molecule has 8 nitrogen and oxygen atoms in total. The summed E-state index contributed by atoms with van der Waals surface area (Å²) in [5.41, 5.74) is 0.745. The molecule has 0 N–H and O–H groups in total. The van der Waals surface area contributed by atoms with Crippen LogP contribution in [0.3, 0.4) is 0 Å². The minimum absolute atomic E-state index is 0.0324. The quantitative estimate of drug-likeness (QED) is 0.559. The lowest BCUT2D eigenvalue weighted by molar-refractivity contribution is -0.121. The molecule has 1 aromatic heterocycles. The third kappa shape index (κ3) is 3.80. The van der Waals surface area contributed by atoms with Gasteiger partial charge in [0, 0.05) is 18.4 Å². The summed E-state index contributed by atoms with van der Waals surface area (Å²) in [6.45, 7) is 0. The molecule has 2 atom stereocenters. The van der Waals surface area contributed by atoms with Crippen molar-refractivity contribution in [2.75, 3.05) is 0 Å². The number of ketones is 2. The molecule has 0 amide bonds. The zero-order valence-corrected chi connectivity index (χ0v) is 16.9. The van der Waals surface area contributed by atoms with Crippen LogP contribution in [-0.4, -0.2) is 45.4 Å². The maximum atomic E-state index is 13.7. The molecule has 30 heavy (non-hydrogen) atoms. The first-order chi connectivity index (χ1) is 14.5. The number of para-hydroxylation sites is 1. The van der Waals surface area contributed by atoms with Crippen LogP contribution >= 0.6 is 0 Å². The molecule has 9 heteroatoms. The molecule has 1 aliphatic rings. The van der Waals surface area contributed by atoms with Crippen molar-refractivity contribution >= 4 is 21.4 Å². The average Bonchev–Trinajstić information content (AvgIpc) is 3.26. The fourth-order valence-electron chi connectivity index (χ4n) is 3.89. The molecule has 1 fully saturated rings. The number of hydrogen-bond acceptors (Lipinski definition) is 7. The highest BCUT2D eigenvalue weighted by molar-refractivity contribution is 7.92. The van der Waals surface area contributed by atoms with Gasteiger partial charge in [-0.2, -0.15) is 4.68 Å². The van der Waals surface area contributed by atoms with E-state index >= 15 is 0 Å². The highest BCUT2D eigenvalue weighted by atomic mass is 32.2. The van der Waals surface area contributed by atoms with E-state index in [0.29, 0.717) is 24.9 Å². The standard InChI is InChI=1S/C21H20N4O4S/c26-18-13-7-10-16(14-18)20(19(27)15-8-3-1-4-9-15)30(28,29)21-22-23-24-25(21)17-11-5-2-6-12-17/h1-6,8-9,11-12,16,20H,7,10,13-14H2/t16-,20?/m0/s1. The van der Waals surface area contributed by atoms with Gasteiger partial charge in [0.05, 0.1) is 5.69 Å². The Morgan fingerprint density at radius 1 is 1.03 bits per heavy atom. The van der Waals surface area contributed by atoms with Crippen LogP contribution in [0.2, 0.25) is 0 Å². The van der Waals surface area contributed by atoms with Crippen LogP contribution in [-0.2, 0) is 14.6 Å². The molecule has 0 aliphatic heterocycles. The van der Waals surface area contributed by atoms with Gasteiger partial charge in [-0.15, -0.1) is 0 Å². The van der Waals surface area contributed by atoms with Crippen LogP contribution in [0, 0.1) is 5.92 Å². The third-order valence-corrected chi connectivity index (χ3v) is 7.33. The fourth-order valence-corrected chi connectivity index (χ4v) is 5.81. The third-order valence-electron chi connectivity index (χ3n) is 5.30. The minimum atomic E-state index is -4.28. The van der Waals surface area contributed by atoms with E-state index in [1.165, 1.54) is 0 Å². The molecule has 3 aromatic rings. The van der Waals surface area contributed by atoms with E-state index < -0.39 is 31.9 Å². The predicted octanol–water partition coefficient (Wildman–Crippen LogP) is 2.45. The van der Waals surface area contributed by atoms with Crippen molar-refractivity contribution in [3.8, 4) is 5.69 Å². The topological polar surface area (TPSA) is 112 Å². The van der Waals surface area contributed by atoms with Gasteiger partial charge in [0.15, 0.2) is 5.78 Å². The van der Waals surface area contributed by atoms with Crippen molar-refractivity contribution in [2.45, 2.75) is 36.1 Å². The molecular weight excluding hydrogens is 404 g/mol. The van der Waals surface area contributed by atoms with E-state index in [4.69, 9.17) is 0 Å². The molecule has 0 radical (unpaired) electrons. The zero-order valence-electron chi connectivity index (χ0n) is 16.1. The normalized spacial score (nSPS) is 18.1. The van der Waals surface area contributed by atoms with Gasteiger partial charge in [0.25, 0.3) is 5.16 Å². The average molecular weight is 424 g/mol. The summed E-state index contributed by atoms with van der Waals surface area (Å²) < 4.78 is 28.5. The van der Waals surface area contributed by atoms with Gasteiger partial charge in [-0.1, -0.05) is 53.6 Å². The van der Waals surface area contributed by atoms with Crippen LogP contribution in [0.4, 0.5) is 0 Å². The van der Waals surface area contributed by atoms with Gasteiger partial charge >= 0.3 is 0 Å². The molecule has 0 bridgehead atoms. The van der Waals surface area contributed by atoms with E-state index in [-0.39, 0.29) is 17.8 Å². The van der Waals surface area contributed by atoms with Crippen LogP contribution in [0.5, 0.6) is 0 Å². The molecular formula is C21H20N4O4S. The van der Waals surface area contributed by atoms with E-state index in [0.717, 1.165) is 4.68 Å². The highest BCUT2D eigenvalue weighted by Gasteiger charge is 2.45. The smallest absolute Gasteiger partial charge is 0.273 e. The van der Waals surface area contributed by atoms with Gasteiger partial charge in [-0.25, -0.2) is 8.42 Å². The monoisotopic (exact) mass is 424 g/mol.